The van der Waals surface area contributed by atoms with Crippen molar-refractivity contribution in [3.8, 4) is 0 Å². The predicted molar refractivity (Wildman–Crippen MR) is 119 cm³/mol. The molecule has 0 spiro atoms. The Balaban J connectivity index is 1.79. The highest BCUT2D eigenvalue weighted by atomic mass is 35.5. The van der Waals surface area contributed by atoms with Gasteiger partial charge in [0, 0.05) is 24.3 Å². The van der Waals surface area contributed by atoms with Crippen LogP contribution in [0.3, 0.4) is 0 Å². The third-order valence-electron chi connectivity index (χ3n) is 5.03. The third kappa shape index (κ3) is 5.64. The molecule has 0 radical (unpaired) electrons. The Morgan fingerprint density at radius 3 is 2.23 bits per heavy atom. The molecule has 7 nitrogen and oxygen atoms in total. The van der Waals surface area contributed by atoms with Gasteiger partial charge in [-0.3, -0.25) is 4.79 Å². The van der Waals surface area contributed by atoms with E-state index < -0.39 is 21.9 Å². The Morgan fingerprint density at radius 1 is 1.00 bits per heavy atom. The van der Waals surface area contributed by atoms with Gasteiger partial charge in [-0.2, -0.15) is 4.31 Å². The summed E-state index contributed by atoms with van der Waals surface area (Å²) in [6.07, 6.45) is 3.60. The molecule has 1 N–H and O–H groups in total. The van der Waals surface area contributed by atoms with Gasteiger partial charge in [0.15, 0.2) is 0 Å². The highest BCUT2D eigenvalue weighted by Crippen LogP contribution is 2.28. The zero-order valence-corrected chi connectivity index (χ0v) is 18.8. The van der Waals surface area contributed by atoms with Crippen LogP contribution in [0.4, 0.5) is 5.69 Å². The van der Waals surface area contributed by atoms with E-state index in [0.29, 0.717) is 24.3 Å². The number of sulfonamides is 1. The lowest BCUT2D eigenvalue weighted by Crippen LogP contribution is -2.32. The van der Waals surface area contributed by atoms with E-state index in [1.54, 1.807) is 31.2 Å². The molecule has 0 aliphatic carbocycles. The monoisotopic (exact) mass is 464 g/mol. The van der Waals surface area contributed by atoms with Crippen LogP contribution in [0.25, 0.3) is 0 Å². The lowest BCUT2D eigenvalue weighted by Gasteiger charge is -2.21. The van der Waals surface area contributed by atoms with Crippen molar-refractivity contribution in [2.24, 2.45) is 0 Å². The van der Waals surface area contributed by atoms with E-state index in [1.807, 2.05) is 0 Å². The number of carbonyl (C=O) groups is 2. The fourth-order valence-electron chi connectivity index (χ4n) is 3.37. The van der Waals surface area contributed by atoms with Crippen LogP contribution in [0, 0.1) is 0 Å². The number of nitrogens with zero attached hydrogens (tertiary/aromatic N) is 1. The van der Waals surface area contributed by atoms with E-state index in [2.05, 4.69) is 5.32 Å². The van der Waals surface area contributed by atoms with Crippen molar-refractivity contribution in [2.45, 2.75) is 37.5 Å². The van der Waals surface area contributed by atoms with Gasteiger partial charge in [0.25, 0.3) is 5.91 Å². The number of hydrogen-bond donors (Lipinski definition) is 1. The molecule has 1 heterocycles. The number of ether oxygens (including phenoxy) is 1. The lowest BCUT2D eigenvalue weighted by molar-refractivity contribution is 0.0526. The topological polar surface area (TPSA) is 92.8 Å². The largest absolute Gasteiger partial charge is 0.462 e. The van der Waals surface area contributed by atoms with Crippen LogP contribution >= 0.6 is 11.6 Å². The molecule has 166 valence electrons. The van der Waals surface area contributed by atoms with Gasteiger partial charge in [-0.15, -0.1) is 0 Å². The molecule has 0 saturated carbocycles. The first kappa shape index (κ1) is 23.2. The SMILES string of the molecule is CCOC(=O)c1ccc(NC(=O)c2ccc(Cl)c(S(=O)(=O)N3CCCCCC3)c2)cc1. The fourth-order valence-corrected chi connectivity index (χ4v) is 5.39. The first-order valence-electron chi connectivity index (χ1n) is 10.2. The van der Waals surface area contributed by atoms with E-state index in [1.165, 1.54) is 22.5 Å². The minimum absolute atomic E-state index is 0.0682. The number of amides is 1. The van der Waals surface area contributed by atoms with Crippen molar-refractivity contribution < 1.29 is 22.7 Å². The number of halogens is 1. The molecule has 1 fully saturated rings. The van der Waals surface area contributed by atoms with Gasteiger partial charge >= 0.3 is 5.97 Å². The molecular weight excluding hydrogens is 440 g/mol. The van der Waals surface area contributed by atoms with Gasteiger partial charge in [0.05, 0.1) is 17.2 Å². The fraction of sp³-hybridized carbons (Fsp3) is 0.364. The number of anilines is 1. The second kappa shape index (κ2) is 10.3. The molecule has 31 heavy (non-hydrogen) atoms. The molecule has 9 heteroatoms. The average Bonchev–Trinajstić information content (AvgIpc) is 3.05. The van der Waals surface area contributed by atoms with Crippen LogP contribution in [0.2, 0.25) is 5.02 Å². The van der Waals surface area contributed by atoms with Gasteiger partial charge in [-0.1, -0.05) is 24.4 Å². The minimum atomic E-state index is -3.80. The van der Waals surface area contributed by atoms with E-state index in [0.717, 1.165) is 25.7 Å². The van der Waals surface area contributed by atoms with Crippen LogP contribution in [0.5, 0.6) is 0 Å². The van der Waals surface area contributed by atoms with Crippen LogP contribution in [-0.4, -0.2) is 44.3 Å². The Morgan fingerprint density at radius 2 is 1.61 bits per heavy atom. The summed E-state index contributed by atoms with van der Waals surface area (Å²) in [5.74, 6) is -0.922. The maximum absolute atomic E-state index is 13.1. The van der Waals surface area contributed by atoms with Crippen LogP contribution < -0.4 is 5.32 Å². The number of benzene rings is 2. The normalized spacial score (nSPS) is 15.2. The summed E-state index contributed by atoms with van der Waals surface area (Å²) < 4.78 is 32.6. The second-order valence-corrected chi connectivity index (χ2v) is 9.53. The molecule has 2 aromatic rings. The van der Waals surface area contributed by atoms with Crippen molar-refractivity contribution in [2.75, 3.05) is 25.0 Å². The number of nitrogens with one attached hydrogen (secondary N) is 1. The van der Waals surface area contributed by atoms with Gasteiger partial charge in [-0.05, 0) is 62.2 Å². The van der Waals surface area contributed by atoms with Crippen molar-refractivity contribution in [3.05, 3.63) is 58.6 Å². The first-order valence-corrected chi connectivity index (χ1v) is 12.0. The van der Waals surface area contributed by atoms with Crippen molar-refractivity contribution in [1.29, 1.82) is 0 Å². The number of rotatable bonds is 6. The molecule has 1 saturated heterocycles. The van der Waals surface area contributed by atoms with Gasteiger partial charge < -0.3 is 10.1 Å². The summed E-state index contributed by atoms with van der Waals surface area (Å²) in [6, 6.07) is 10.5. The van der Waals surface area contributed by atoms with Gasteiger partial charge in [0.2, 0.25) is 10.0 Å². The van der Waals surface area contributed by atoms with E-state index in [9.17, 15) is 18.0 Å². The zero-order valence-electron chi connectivity index (χ0n) is 17.3. The summed E-state index contributed by atoms with van der Waals surface area (Å²) in [4.78, 5) is 24.4. The lowest BCUT2D eigenvalue weighted by atomic mass is 10.2. The smallest absolute Gasteiger partial charge is 0.338 e. The zero-order chi connectivity index (χ0) is 22.4. The molecule has 0 bridgehead atoms. The third-order valence-corrected chi connectivity index (χ3v) is 7.41. The maximum atomic E-state index is 13.1. The molecule has 3 rings (SSSR count). The molecule has 1 aliphatic heterocycles. The average molecular weight is 465 g/mol. The maximum Gasteiger partial charge on any atom is 0.338 e. The van der Waals surface area contributed by atoms with Crippen LogP contribution in [0.15, 0.2) is 47.4 Å². The van der Waals surface area contributed by atoms with E-state index in [4.69, 9.17) is 16.3 Å². The predicted octanol–water partition coefficient (Wildman–Crippen LogP) is 4.33. The van der Waals surface area contributed by atoms with Crippen molar-refractivity contribution in [3.63, 3.8) is 0 Å². The molecule has 0 unspecified atom stereocenters. The molecule has 0 aromatic heterocycles. The minimum Gasteiger partial charge on any atom is -0.462 e. The highest BCUT2D eigenvalue weighted by molar-refractivity contribution is 7.89. The summed E-state index contributed by atoms with van der Waals surface area (Å²) >= 11 is 6.20. The molecule has 0 atom stereocenters. The highest BCUT2D eigenvalue weighted by Gasteiger charge is 2.28. The summed E-state index contributed by atoms with van der Waals surface area (Å²) in [5, 5.41) is 2.78. The van der Waals surface area contributed by atoms with E-state index in [-0.39, 0.29) is 22.1 Å². The second-order valence-electron chi connectivity index (χ2n) is 7.22. The van der Waals surface area contributed by atoms with Crippen molar-refractivity contribution >= 4 is 39.2 Å². The summed E-state index contributed by atoms with van der Waals surface area (Å²) in [6.45, 7) is 2.89. The van der Waals surface area contributed by atoms with Crippen LogP contribution in [-0.2, 0) is 14.8 Å². The molecule has 2 aromatic carbocycles. The van der Waals surface area contributed by atoms with Gasteiger partial charge in [0.1, 0.15) is 4.90 Å². The Hall–Kier alpha value is -2.42. The Bertz CT molecular complexity index is 1050. The standard InChI is InChI=1S/C22H25ClN2O5S/c1-2-30-22(27)16-7-10-18(11-8-16)24-21(26)17-9-12-19(23)20(15-17)31(28,29)25-13-5-3-4-6-14-25/h7-12,15H,2-6,13-14H2,1H3,(H,24,26). The van der Waals surface area contributed by atoms with E-state index >= 15 is 0 Å². The van der Waals surface area contributed by atoms with Crippen LogP contribution in [0.1, 0.15) is 53.3 Å². The van der Waals surface area contributed by atoms with Gasteiger partial charge in [-0.25, -0.2) is 13.2 Å². The molecule has 1 aliphatic rings. The quantitative estimate of drug-likeness (QED) is 0.642. The summed E-state index contributed by atoms with van der Waals surface area (Å²) in [7, 11) is -3.80. The number of carbonyl (C=O) groups excluding carboxylic acids is 2. The Kier molecular flexibility index (Phi) is 7.69. The summed E-state index contributed by atoms with van der Waals surface area (Å²) in [5.41, 5.74) is 1.01. The number of esters is 1. The van der Waals surface area contributed by atoms with Crippen molar-refractivity contribution in [1.82, 2.24) is 4.31 Å². The first-order chi connectivity index (χ1) is 14.8. The molecule has 1 amide bonds. The number of hydrogen-bond acceptors (Lipinski definition) is 5. The molecular formula is C22H25ClN2O5S. The Labute approximate surface area is 187 Å².